The van der Waals surface area contributed by atoms with Crippen molar-refractivity contribution >= 4 is 17.6 Å². The third-order valence-corrected chi connectivity index (χ3v) is 2.91. The molecule has 0 aliphatic heterocycles. The summed E-state index contributed by atoms with van der Waals surface area (Å²) < 4.78 is 5.00. The van der Waals surface area contributed by atoms with Gasteiger partial charge in [-0.15, -0.1) is 0 Å². The lowest BCUT2D eigenvalue weighted by molar-refractivity contribution is 0.195. The summed E-state index contributed by atoms with van der Waals surface area (Å²) in [7, 11) is 1.70. The number of rotatable bonds is 5. The highest BCUT2D eigenvalue weighted by molar-refractivity contribution is 8.00. The Kier molecular flexibility index (Phi) is 4.69. The lowest BCUT2D eigenvalue weighted by Crippen LogP contribution is -2.03. The molecule has 0 fully saturated rings. The minimum atomic E-state index is 0.439. The van der Waals surface area contributed by atoms with Crippen molar-refractivity contribution in [1.29, 1.82) is 0 Å². The first-order chi connectivity index (χ1) is 6.74. The van der Waals surface area contributed by atoms with E-state index >= 15 is 0 Å². The van der Waals surface area contributed by atoms with Gasteiger partial charge in [-0.1, -0.05) is 18.7 Å². The van der Waals surface area contributed by atoms with Crippen molar-refractivity contribution in [2.24, 2.45) is 0 Å². The predicted octanol–water partition coefficient (Wildman–Crippen LogP) is 1.58. The van der Waals surface area contributed by atoms with Crippen LogP contribution in [-0.4, -0.2) is 28.9 Å². The molecule has 14 heavy (non-hydrogen) atoms. The average molecular weight is 213 g/mol. The highest BCUT2D eigenvalue weighted by atomic mass is 32.2. The lowest BCUT2D eigenvalue weighted by Gasteiger charge is -2.10. The molecule has 1 heterocycles. The number of anilines is 1. The van der Waals surface area contributed by atoms with E-state index in [2.05, 4.69) is 16.9 Å². The molecule has 0 radical (unpaired) electrons. The smallest absolute Gasteiger partial charge is 0.156 e. The van der Waals surface area contributed by atoms with E-state index in [1.807, 2.05) is 0 Å². The van der Waals surface area contributed by atoms with Crippen molar-refractivity contribution in [3.8, 4) is 0 Å². The summed E-state index contributed by atoms with van der Waals surface area (Å²) in [6, 6.07) is 0. The van der Waals surface area contributed by atoms with E-state index in [0.29, 0.717) is 11.1 Å². The Balaban J connectivity index is 2.47. The molecule has 0 amide bonds. The van der Waals surface area contributed by atoms with Crippen molar-refractivity contribution in [2.75, 3.05) is 19.5 Å². The monoisotopic (exact) mass is 213 g/mol. The summed E-state index contributed by atoms with van der Waals surface area (Å²) in [6.07, 6.45) is 4.23. The van der Waals surface area contributed by atoms with Crippen LogP contribution in [0.4, 0.5) is 5.82 Å². The van der Waals surface area contributed by atoms with Gasteiger partial charge in [-0.25, -0.2) is 9.97 Å². The molecule has 78 valence electrons. The van der Waals surface area contributed by atoms with Gasteiger partial charge in [-0.3, -0.25) is 0 Å². The molecule has 4 nitrogen and oxygen atoms in total. The Hall–Kier alpha value is -0.810. The Bertz CT molecular complexity index is 283. The zero-order valence-corrected chi connectivity index (χ0v) is 9.25. The van der Waals surface area contributed by atoms with Gasteiger partial charge in [-0.2, -0.15) is 0 Å². The van der Waals surface area contributed by atoms with E-state index in [-0.39, 0.29) is 0 Å². The molecule has 1 aromatic rings. The van der Waals surface area contributed by atoms with E-state index in [9.17, 15) is 0 Å². The number of hydrogen-bond donors (Lipinski definition) is 1. The summed E-state index contributed by atoms with van der Waals surface area (Å²) in [5.74, 6) is 0.502. The molecule has 0 saturated heterocycles. The Morgan fingerprint density at radius 3 is 2.86 bits per heavy atom. The third kappa shape index (κ3) is 3.51. The van der Waals surface area contributed by atoms with Crippen LogP contribution in [0.25, 0.3) is 0 Å². The van der Waals surface area contributed by atoms with Crippen molar-refractivity contribution in [3.05, 3.63) is 12.4 Å². The van der Waals surface area contributed by atoms with Crippen LogP contribution in [0.5, 0.6) is 0 Å². The summed E-state index contributed by atoms with van der Waals surface area (Å²) >= 11 is 1.63. The van der Waals surface area contributed by atoms with Crippen molar-refractivity contribution in [2.45, 2.75) is 23.6 Å². The maximum atomic E-state index is 5.67. The average Bonchev–Trinajstić information content (AvgIpc) is 2.18. The fourth-order valence-electron chi connectivity index (χ4n) is 0.960. The minimum absolute atomic E-state index is 0.439. The maximum Gasteiger partial charge on any atom is 0.156 e. The van der Waals surface area contributed by atoms with Crippen LogP contribution in [0.2, 0.25) is 0 Å². The summed E-state index contributed by atoms with van der Waals surface area (Å²) in [4.78, 5) is 8.14. The molecule has 0 saturated carbocycles. The minimum Gasteiger partial charge on any atom is -0.385 e. The molecule has 0 spiro atoms. The Morgan fingerprint density at radius 2 is 2.21 bits per heavy atom. The standard InChI is InChI=1S/C9H15N3OS/c1-7(3-6-13-2)14-9-8(10)11-4-5-12-9/h4-5,7H,3,6H2,1-2H3,(H2,10,11). The van der Waals surface area contributed by atoms with Crippen LogP contribution < -0.4 is 5.73 Å². The first kappa shape index (κ1) is 11.3. The van der Waals surface area contributed by atoms with Crippen molar-refractivity contribution in [1.82, 2.24) is 9.97 Å². The second kappa shape index (κ2) is 5.82. The Morgan fingerprint density at radius 1 is 1.50 bits per heavy atom. The molecule has 1 aromatic heterocycles. The fraction of sp³-hybridized carbons (Fsp3) is 0.556. The van der Waals surface area contributed by atoms with E-state index in [0.717, 1.165) is 18.1 Å². The summed E-state index contributed by atoms with van der Waals surface area (Å²) in [5.41, 5.74) is 5.67. The SMILES string of the molecule is COCCC(C)Sc1nccnc1N. The largest absolute Gasteiger partial charge is 0.385 e. The number of aromatic nitrogens is 2. The highest BCUT2D eigenvalue weighted by Crippen LogP contribution is 2.26. The van der Waals surface area contributed by atoms with Crippen LogP contribution in [0.1, 0.15) is 13.3 Å². The summed E-state index contributed by atoms with van der Waals surface area (Å²) in [6.45, 7) is 2.88. The first-order valence-electron chi connectivity index (χ1n) is 4.46. The van der Waals surface area contributed by atoms with E-state index in [1.54, 1.807) is 31.3 Å². The molecule has 0 aromatic carbocycles. The zero-order valence-electron chi connectivity index (χ0n) is 8.43. The molecule has 1 atom stereocenters. The van der Waals surface area contributed by atoms with Crippen LogP contribution in [0.15, 0.2) is 17.4 Å². The number of hydrogen-bond acceptors (Lipinski definition) is 5. The number of methoxy groups -OCH3 is 1. The quantitative estimate of drug-likeness (QED) is 0.752. The molecule has 5 heteroatoms. The highest BCUT2D eigenvalue weighted by Gasteiger charge is 2.08. The predicted molar refractivity (Wildman–Crippen MR) is 58.3 cm³/mol. The molecule has 2 N–H and O–H groups in total. The number of nitrogens with zero attached hydrogens (tertiary/aromatic N) is 2. The topological polar surface area (TPSA) is 61.0 Å². The fourth-order valence-corrected chi connectivity index (χ4v) is 1.85. The molecule has 1 rings (SSSR count). The molecule has 0 aliphatic carbocycles. The number of thioether (sulfide) groups is 1. The third-order valence-electron chi connectivity index (χ3n) is 1.73. The van der Waals surface area contributed by atoms with Gasteiger partial charge in [0.1, 0.15) is 5.03 Å². The van der Waals surface area contributed by atoms with Gasteiger partial charge in [0.05, 0.1) is 0 Å². The molecular weight excluding hydrogens is 198 g/mol. The second-order valence-electron chi connectivity index (χ2n) is 2.96. The van der Waals surface area contributed by atoms with Gasteiger partial charge in [0, 0.05) is 31.4 Å². The van der Waals surface area contributed by atoms with E-state index < -0.39 is 0 Å². The van der Waals surface area contributed by atoms with E-state index in [1.165, 1.54) is 0 Å². The van der Waals surface area contributed by atoms with E-state index in [4.69, 9.17) is 10.5 Å². The normalized spacial score (nSPS) is 12.7. The van der Waals surface area contributed by atoms with Gasteiger partial charge in [0.25, 0.3) is 0 Å². The van der Waals surface area contributed by atoms with Crippen molar-refractivity contribution < 1.29 is 4.74 Å². The zero-order chi connectivity index (χ0) is 10.4. The first-order valence-corrected chi connectivity index (χ1v) is 5.34. The molecular formula is C9H15N3OS. The second-order valence-corrected chi connectivity index (χ2v) is 4.38. The van der Waals surface area contributed by atoms with Crippen LogP contribution in [0.3, 0.4) is 0 Å². The lowest BCUT2D eigenvalue weighted by atomic mass is 10.3. The van der Waals surface area contributed by atoms with Crippen molar-refractivity contribution in [3.63, 3.8) is 0 Å². The number of nitrogen functional groups attached to an aromatic ring is 1. The van der Waals surface area contributed by atoms with Gasteiger partial charge >= 0.3 is 0 Å². The maximum absolute atomic E-state index is 5.67. The van der Waals surface area contributed by atoms with Crippen LogP contribution >= 0.6 is 11.8 Å². The van der Waals surface area contributed by atoms with Gasteiger partial charge in [0.15, 0.2) is 5.82 Å². The summed E-state index contributed by atoms with van der Waals surface area (Å²) in [5, 5.41) is 1.24. The molecule has 1 unspecified atom stereocenters. The van der Waals surface area contributed by atoms with Gasteiger partial charge in [0.2, 0.25) is 0 Å². The molecule has 0 bridgehead atoms. The van der Waals surface area contributed by atoms with Crippen LogP contribution in [0, 0.1) is 0 Å². The number of nitrogens with two attached hydrogens (primary N) is 1. The Labute approximate surface area is 88.3 Å². The van der Waals surface area contributed by atoms with Gasteiger partial charge in [-0.05, 0) is 6.42 Å². The van der Waals surface area contributed by atoms with Crippen LogP contribution in [-0.2, 0) is 4.74 Å². The van der Waals surface area contributed by atoms with Gasteiger partial charge < -0.3 is 10.5 Å². The number of ether oxygens (including phenoxy) is 1. The molecule has 0 aliphatic rings.